The third-order valence-corrected chi connectivity index (χ3v) is 1.91. The van der Waals surface area contributed by atoms with Gasteiger partial charge in [-0.3, -0.25) is 19.2 Å². The van der Waals surface area contributed by atoms with Gasteiger partial charge in [0.15, 0.2) is 0 Å². The van der Waals surface area contributed by atoms with E-state index in [0.29, 0.717) is 0 Å². The van der Waals surface area contributed by atoms with Gasteiger partial charge in [-0.2, -0.15) is 0 Å². The molecule has 0 fully saturated rings. The first-order valence-corrected chi connectivity index (χ1v) is 4.15. The van der Waals surface area contributed by atoms with Crippen LogP contribution in [0.15, 0.2) is 0 Å². The minimum atomic E-state index is -1.76. The molecule has 0 aliphatic rings. The van der Waals surface area contributed by atoms with E-state index < -0.39 is 48.6 Å². The maximum Gasteiger partial charge on any atom is 0.316 e. The SMILES string of the molecule is O=C(O)CC(C(=O)O)C(CC(=O)O)C(=O)O.[MgH2]. The van der Waals surface area contributed by atoms with Gasteiger partial charge in [0.05, 0.1) is 24.7 Å². The summed E-state index contributed by atoms with van der Waals surface area (Å²) in [6.07, 6.45) is -1.86. The second kappa shape index (κ2) is 7.84. The number of aliphatic carboxylic acids is 4. The zero-order chi connectivity index (χ0) is 12.9. The third kappa shape index (κ3) is 6.74. The maximum atomic E-state index is 10.6. The highest BCUT2D eigenvalue weighted by atomic mass is 24.3. The molecule has 0 bridgehead atoms. The summed E-state index contributed by atoms with van der Waals surface area (Å²) in [6.45, 7) is 0. The summed E-state index contributed by atoms with van der Waals surface area (Å²) < 4.78 is 0. The highest BCUT2D eigenvalue weighted by Crippen LogP contribution is 2.20. The van der Waals surface area contributed by atoms with Gasteiger partial charge in [0.25, 0.3) is 0 Å². The Morgan fingerprint density at radius 3 is 1.06 bits per heavy atom. The molecule has 94 valence electrons. The van der Waals surface area contributed by atoms with E-state index in [0.717, 1.165) is 0 Å². The standard InChI is InChI=1S/C8H10O8.Mg.2H/c9-5(10)1-3(7(13)14)4(8(15)16)2-6(11)12;;;/h3-4H,1-2H2,(H,9,10)(H,11,12)(H,13,14)(H,15,16);;;. The summed E-state index contributed by atoms with van der Waals surface area (Å²) in [7, 11) is 0. The van der Waals surface area contributed by atoms with E-state index in [1.165, 1.54) is 0 Å². The zero-order valence-corrected chi connectivity index (χ0v) is 7.99. The Morgan fingerprint density at radius 2 is 0.941 bits per heavy atom. The second-order valence-electron chi connectivity index (χ2n) is 3.09. The first-order valence-electron chi connectivity index (χ1n) is 4.15. The lowest BCUT2D eigenvalue weighted by atomic mass is 9.87. The molecule has 0 aliphatic carbocycles. The van der Waals surface area contributed by atoms with Crippen molar-refractivity contribution in [3.8, 4) is 0 Å². The van der Waals surface area contributed by atoms with Crippen molar-refractivity contribution in [2.75, 3.05) is 0 Å². The molecule has 8 nitrogen and oxygen atoms in total. The molecule has 0 saturated heterocycles. The Balaban J connectivity index is 0. The molecule has 0 aromatic carbocycles. The summed E-state index contributed by atoms with van der Waals surface area (Å²) in [5, 5.41) is 34.1. The molecular weight excluding hydrogens is 248 g/mol. The number of hydrogen-bond donors (Lipinski definition) is 4. The quantitative estimate of drug-likeness (QED) is 0.401. The number of carboxylic acid groups (broad SMARTS) is 4. The van der Waals surface area contributed by atoms with Crippen LogP contribution in [-0.2, 0) is 19.2 Å². The van der Waals surface area contributed by atoms with Gasteiger partial charge < -0.3 is 20.4 Å². The van der Waals surface area contributed by atoms with Gasteiger partial charge in [0, 0.05) is 0 Å². The Kier molecular flexibility index (Phi) is 8.32. The highest BCUT2D eigenvalue weighted by Gasteiger charge is 2.36. The molecular formula is C8H12MgO8. The van der Waals surface area contributed by atoms with Crippen LogP contribution in [0.2, 0.25) is 0 Å². The molecule has 17 heavy (non-hydrogen) atoms. The van der Waals surface area contributed by atoms with Gasteiger partial charge >= 0.3 is 46.9 Å². The Morgan fingerprint density at radius 1 is 0.706 bits per heavy atom. The molecule has 9 heteroatoms. The summed E-state index contributed by atoms with van der Waals surface area (Å²) in [5.74, 6) is -9.79. The number of hydrogen-bond acceptors (Lipinski definition) is 4. The van der Waals surface area contributed by atoms with E-state index in [1.54, 1.807) is 0 Å². The lowest BCUT2D eigenvalue weighted by Gasteiger charge is -2.16. The second-order valence-corrected chi connectivity index (χ2v) is 3.09. The van der Waals surface area contributed by atoms with Crippen LogP contribution in [0, 0.1) is 11.8 Å². The fourth-order valence-corrected chi connectivity index (χ4v) is 1.18. The minimum absolute atomic E-state index is 0. The molecule has 2 atom stereocenters. The summed E-state index contributed by atoms with van der Waals surface area (Å²) >= 11 is 0. The van der Waals surface area contributed by atoms with E-state index in [4.69, 9.17) is 20.4 Å². The molecule has 0 rings (SSSR count). The van der Waals surface area contributed by atoms with Crippen LogP contribution in [0.25, 0.3) is 0 Å². The molecule has 0 aromatic rings. The largest absolute Gasteiger partial charge is 0.481 e. The fraction of sp³-hybridized carbons (Fsp3) is 0.500. The van der Waals surface area contributed by atoms with Crippen LogP contribution in [0.3, 0.4) is 0 Å². The molecule has 0 aromatic heterocycles. The van der Waals surface area contributed by atoms with Crippen LogP contribution >= 0.6 is 0 Å². The lowest BCUT2D eigenvalue weighted by molar-refractivity contribution is -0.160. The average Bonchev–Trinajstić information content (AvgIpc) is 2.09. The van der Waals surface area contributed by atoms with Crippen LogP contribution in [0.1, 0.15) is 12.8 Å². The van der Waals surface area contributed by atoms with Gasteiger partial charge in [-0.1, -0.05) is 0 Å². The monoisotopic (exact) mass is 260 g/mol. The van der Waals surface area contributed by atoms with Crippen molar-refractivity contribution in [1.82, 2.24) is 0 Å². The zero-order valence-electron chi connectivity index (χ0n) is 7.99. The molecule has 2 unspecified atom stereocenters. The summed E-state index contributed by atoms with van der Waals surface area (Å²) in [4.78, 5) is 41.9. The van der Waals surface area contributed by atoms with Gasteiger partial charge in [-0.15, -0.1) is 0 Å². The molecule has 0 saturated carbocycles. The van der Waals surface area contributed by atoms with Crippen molar-refractivity contribution in [3.63, 3.8) is 0 Å². The predicted molar refractivity (Wildman–Crippen MR) is 55.3 cm³/mol. The molecule has 0 radical (unpaired) electrons. The Bertz CT molecular complexity index is 293. The average molecular weight is 260 g/mol. The molecule has 4 N–H and O–H groups in total. The minimum Gasteiger partial charge on any atom is -0.481 e. The fourth-order valence-electron chi connectivity index (χ4n) is 1.18. The van der Waals surface area contributed by atoms with E-state index >= 15 is 0 Å². The van der Waals surface area contributed by atoms with Crippen molar-refractivity contribution in [1.29, 1.82) is 0 Å². The first kappa shape index (κ1) is 18.0. The van der Waals surface area contributed by atoms with Gasteiger partial charge in [-0.25, -0.2) is 0 Å². The van der Waals surface area contributed by atoms with Crippen molar-refractivity contribution >= 4 is 46.9 Å². The Labute approximate surface area is 111 Å². The summed E-state index contributed by atoms with van der Waals surface area (Å²) in [6, 6.07) is 0. The van der Waals surface area contributed by atoms with E-state index in [9.17, 15) is 19.2 Å². The number of rotatable bonds is 7. The highest BCUT2D eigenvalue weighted by molar-refractivity contribution is 5.86. The lowest BCUT2D eigenvalue weighted by Crippen LogP contribution is -2.33. The van der Waals surface area contributed by atoms with Gasteiger partial charge in [0.2, 0.25) is 0 Å². The third-order valence-electron chi connectivity index (χ3n) is 1.91. The number of carbonyl (C=O) groups is 4. The van der Waals surface area contributed by atoms with E-state index in [1.807, 2.05) is 0 Å². The maximum absolute atomic E-state index is 10.6. The number of carboxylic acids is 4. The van der Waals surface area contributed by atoms with Crippen LogP contribution in [0.4, 0.5) is 0 Å². The van der Waals surface area contributed by atoms with Gasteiger partial charge in [0.1, 0.15) is 0 Å². The molecule has 0 amide bonds. The topological polar surface area (TPSA) is 149 Å². The van der Waals surface area contributed by atoms with Gasteiger partial charge in [-0.05, 0) is 0 Å². The smallest absolute Gasteiger partial charge is 0.316 e. The van der Waals surface area contributed by atoms with E-state index in [2.05, 4.69) is 0 Å². The van der Waals surface area contributed by atoms with E-state index in [-0.39, 0.29) is 23.1 Å². The molecule has 0 aliphatic heterocycles. The van der Waals surface area contributed by atoms with Crippen LogP contribution < -0.4 is 0 Å². The van der Waals surface area contributed by atoms with Crippen molar-refractivity contribution in [2.24, 2.45) is 11.8 Å². The van der Waals surface area contributed by atoms with Crippen molar-refractivity contribution in [2.45, 2.75) is 12.8 Å². The molecule has 0 spiro atoms. The predicted octanol–water partition coefficient (Wildman–Crippen LogP) is -1.58. The van der Waals surface area contributed by atoms with Crippen molar-refractivity contribution in [3.05, 3.63) is 0 Å². The van der Waals surface area contributed by atoms with Crippen molar-refractivity contribution < 1.29 is 39.6 Å². The van der Waals surface area contributed by atoms with Crippen LogP contribution in [-0.4, -0.2) is 67.4 Å². The first-order chi connectivity index (χ1) is 7.25. The van der Waals surface area contributed by atoms with Crippen LogP contribution in [0.5, 0.6) is 0 Å². The molecule has 0 heterocycles. The Hall–Kier alpha value is -1.35. The summed E-state index contributed by atoms with van der Waals surface area (Å²) in [5.41, 5.74) is 0. The normalized spacial score (nSPS) is 12.9.